The van der Waals surface area contributed by atoms with E-state index in [4.69, 9.17) is 0 Å². The Kier molecular flexibility index (Phi) is 4.04. The minimum atomic E-state index is -0.312. The molecule has 2 heterocycles. The number of aryl methyl sites for hydroxylation is 1. The summed E-state index contributed by atoms with van der Waals surface area (Å²) in [6, 6.07) is 6.94. The molecule has 0 spiro atoms. The Bertz CT molecular complexity index is 669. The molecule has 0 aliphatic carbocycles. The normalized spacial score (nSPS) is 18.4. The first-order valence-corrected chi connectivity index (χ1v) is 7.56. The van der Waals surface area contributed by atoms with Gasteiger partial charge in [-0.3, -0.25) is 10.1 Å². The van der Waals surface area contributed by atoms with Crippen LogP contribution in [0.5, 0.6) is 0 Å². The number of benzene rings is 1. The van der Waals surface area contributed by atoms with Crippen molar-refractivity contribution in [2.75, 3.05) is 18.0 Å². The summed E-state index contributed by atoms with van der Waals surface area (Å²) in [5.74, 6) is 1.24. The molecule has 1 atom stereocenters. The van der Waals surface area contributed by atoms with E-state index in [1.165, 1.54) is 0 Å². The van der Waals surface area contributed by atoms with Crippen LogP contribution in [0.1, 0.15) is 31.5 Å². The van der Waals surface area contributed by atoms with Gasteiger partial charge in [0.15, 0.2) is 0 Å². The number of hydrogen-bond donors (Lipinski definition) is 0. The van der Waals surface area contributed by atoms with Crippen LogP contribution in [-0.4, -0.2) is 32.8 Å². The average Bonchev–Trinajstić information content (AvgIpc) is 3.03. The molecule has 1 saturated heterocycles. The molecule has 7 nitrogen and oxygen atoms in total. The SMILES string of the molecule is CCn1cnnc1C1CCCN(c2ccccc2[N+](=O)[O-])C1. The lowest BCUT2D eigenvalue weighted by Gasteiger charge is -2.33. The number of hydrogen-bond acceptors (Lipinski definition) is 5. The Hall–Kier alpha value is -2.44. The monoisotopic (exact) mass is 301 g/mol. The van der Waals surface area contributed by atoms with Gasteiger partial charge in [0.2, 0.25) is 0 Å². The maximum absolute atomic E-state index is 11.2. The van der Waals surface area contributed by atoms with Crippen LogP contribution in [0.15, 0.2) is 30.6 Å². The highest BCUT2D eigenvalue weighted by Crippen LogP contribution is 2.33. The average molecular weight is 301 g/mol. The van der Waals surface area contributed by atoms with E-state index in [0.717, 1.165) is 38.3 Å². The topological polar surface area (TPSA) is 77.1 Å². The Morgan fingerprint density at radius 1 is 1.41 bits per heavy atom. The van der Waals surface area contributed by atoms with E-state index in [0.29, 0.717) is 5.69 Å². The lowest BCUT2D eigenvalue weighted by Crippen LogP contribution is -2.35. The van der Waals surface area contributed by atoms with Gasteiger partial charge in [-0.2, -0.15) is 0 Å². The van der Waals surface area contributed by atoms with E-state index in [2.05, 4.69) is 22.0 Å². The molecule has 1 aromatic carbocycles. The zero-order chi connectivity index (χ0) is 15.5. The van der Waals surface area contributed by atoms with Crippen LogP contribution in [0.2, 0.25) is 0 Å². The summed E-state index contributed by atoms with van der Waals surface area (Å²) in [4.78, 5) is 13.0. The Balaban J connectivity index is 1.86. The predicted octanol–water partition coefficient (Wildman–Crippen LogP) is 2.59. The second-order valence-electron chi connectivity index (χ2n) is 5.51. The molecular weight excluding hydrogens is 282 g/mol. The third-order valence-electron chi connectivity index (χ3n) is 4.19. The van der Waals surface area contributed by atoms with Crippen LogP contribution in [0.25, 0.3) is 0 Å². The molecule has 116 valence electrons. The lowest BCUT2D eigenvalue weighted by atomic mass is 9.96. The van der Waals surface area contributed by atoms with E-state index in [-0.39, 0.29) is 16.5 Å². The third-order valence-corrected chi connectivity index (χ3v) is 4.19. The molecule has 2 aromatic rings. The fraction of sp³-hybridized carbons (Fsp3) is 0.467. The van der Waals surface area contributed by atoms with Gasteiger partial charge < -0.3 is 9.47 Å². The third kappa shape index (κ3) is 2.66. The number of nitrogens with zero attached hydrogens (tertiary/aromatic N) is 5. The standard InChI is InChI=1S/C15H19N5O2/c1-2-18-11-16-17-15(18)12-6-5-9-19(10-12)13-7-3-4-8-14(13)20(21)22/h3-4,7-8,11-12H,2,5-6,9-10H2,1H3. The van der Waals surface area contributed by atoms with Gasteiger partial charge in [-0.25, -0.2) is 0 Å². The van der Waals surface area contributed by atoms with Gasteiger partial charge in [-0.1, -0.05) is 12.1 Å². The lowest BCUT2D eigenvalue weighted by molar-refractivity contribution is -0.384. The minimum Gasteiger partial charge on any atom is -0.365 e. The van der Waals surface area contributed by atoms with Crippen LogP contribution in [0, 0.1) is 10.1 Å². The Morgan fingerprint density at radius 3 is 3.00 bits per heavy atom. The molecule has 3 rings (SSSR count). The maximum Gasteiger partial charge on any atom is 0.292 e. The summed E-state index contributed by atoms with van der Waals surface area (Å²) in [5.41, 5.74) is 0.861. The number of nitro groups is 1. The molecule has 0 N–H and O–H groups in total. The number of para-hydroxylation sites is 2. The minimum absolute atomic E-state index is 0.167. The van der Waals surface area contributed by atoms with Crippen molar-refractivity contribution in [3.8, 4) is 0 Å². The van der Waals surface area contributed by atoms with Gasteiger partial charge in [-0.05, 0) is 25.8 Å². The van der Waals surface area contributed by atoms with Crippen molar-refractivity contribution in [1.82, 2.24) is 14.8 Å². The first kappa shape index (κ1) is 14.5. The van der Waals surface area contributed by atoms with Crippen molar-refractivity contribution >= 4 is 11.4 Å². The van der Waals surface area contributed by atoms with Crippen LogP contribution in [0.4, 0.5) is 11.4 Å². The zero-order valence-corrected chi connectivity index (χ0v) is 12.6. The number of rotatable bonds is 4. The number of aromatic nitrogens is 3. The summed E-state index contributed by atoms with van der Waals surface area (Å²) < 4.78 is 2.05. The zero-order valence-electron chi connectivity index (χ0n) is 12.6. The molecule has 22 heavy (non-hydrogen) atoms. The van der Waals surface area contributed by atoms with Crippen molar-refractivity contribution in [3.05, 3.63) is 46.5 Å². The molecule has 1 fully saturated rings. The largest absolute Gasteiger partial charge is 0.365 e. The second kappa shape index (κ2) is 6.13. The quantitative estimate of drug-likeness (QED) is 0.640. The van der Waals surface area contributed by atoms with E-state index in [1.54, 1.807) is 18.5 Å². The molecular formula is C15H19N5O2. The van der Waals surface area contributed by atoms with Crippen molar-refractivity contribution in [2.45, 2.75) is 32.2 Å². The molecule has 1 aliphatic heterocycles. The fourth-order valence-electron chi connectivity index (χ4n) is 3.12. The first-order chi connectivity index (χ1) is 10.7. The fourth-order valence-corrected chi connectivity index (χ4v) is 3.12. The van der Waals surface area contributed by atoms with Crippen LogP contribution < -0.4 is 4.90 Å². The van der Waals surface area contributed by atoms with E-state index >= 15 is 0 Å². The van der Waals surface area contributed by atoms with Gasteiger partial charge in [0.05, 0.1) is 4.92 Å². The first-order valence-electron chi connectivity index (χ1n) is 7.56. The van der Waals surface area contributed by atoms with Gasteiger partial charge in [0.1, 0.15) is 17.8 Å². The maximum atomic E-state index is 11.2. The van der Waals surface area contributed by atoms with Crippen molar-refractivity contribution in [1.29, 1.82) is 0 Å². The van der Waals surface area contributed by atoms with Crippen molar-refractivity contribution in [3.63, 3.8) is 0 Å². The van der Waals surface area contributed by atoms with E-state index < -0.39 is 0 Å². The van der Waals surface area contributed by atoms with E-state index in [1.807, 2.05) is 16.7 Å². The highest BCUT2D eigenvalue weighted by Gasteiger charge is 2.28. The highest BCUT2D eigenvalue weighted by molar-refractivity contribution is 5.63. The van der Waals surface area contributed by atoms with Crippen molar-refractivity contribution < 1.29 is 4.92 Å². The smallest absolute Gasteiger partial charge is 0.292 e. The number of nitro benzene ring substituents is 1. The highest BCUT2D eigenvalue weighted by atomic mass is 16.6. The molecule has 0 amide bonds. The molecule has 0 radical (unpaired) electrons. The van der Waals surface area contributed by atoms with Gasteiger partial charge in [0, 0.05) is 31.6 Å². The Labute approximate surface area is 128 Å². The van der Waals surface area contributed by atoms with Crippen LogP contribution >= 0.6 is 0 Å². The second-order valence-corrected chi connectivity index (χ2v) is 5.51. The van der Waals surface area contributed by atoms with E-state index in [9.17, 15) is 10.1 Å². The van der Waals surface area contributed by atoms with Gasteiger partial charge in [0.25, 0.3) is 5.69 Å². The predicted molar refractivity (Wildman–Crippen MR) is 83.0 cm³/mol. The van der Waals surface area contributed by atoms with Gasteiger partial charge >= 0.3 is 0 Å². The Morgan fingerprint density at radius 2 is 2.23 bits per heavy atom. The van der Waals surface area contributed by atoms with Crippen LogP contribution in [-0.2, 0) is 6.54 Å². The summed E-state index contributed by atoms with van der Waals surface area (Å²) >= 11 is 0. The number of piperidine rings is 1. The summed E-state index contributed by atoms with van der Waals surface area (Å²) in [6.45, 7) is 4.48. The summed E-state index contributed by atoms with van der Waals surface area (Å²) in [7, 11) is 0. The molecule has 1 aliphatic rings. The summed E-state index contributed by atoms with van der Waals surface area (Å²) in [5, 5.41) is 19.5. The van der Waals surface area contributed by atoms with Gasteiger partial charge in [-0.15, -0.1) is 10.2 Å². The number of anilines is 1. The summed E-state index contributed by atoms with van der Waals surface area (Å²) in [6.07, 6.45) is 3.78. The van der Waals surface area contributed by atoms with Crippen molar-refractivity contribution in [2.24, 2.45) is 0 Å². The molecule has 0 bridgehead atoms. The molecule has 1 unspecified atom stereocenters. The molecule has 7 heteroatoms. The molecule has 1 aromatic heterocycles. The van der Waals surface area contributed by atoms with Crippen LogP contribution in [0.3, 0.4) is 0 Å². The molecule has 0 saturated carbocycles.